The van der Waals surface area contributed by atoms with Crippen LogP contribution in [0, 0.1) is 18.3 Å². The molecule has 0 aliphatic carbocycles. The first-order valence-electron chi connectivity index (χ1n) is 6.35. The summed E-state index contributed by atoms with van der Waals surface area (Å²) in [6, 6.07) is 16.1. The van der Waals surface area contributed by atoms with E-state index >= 15 is 0 Å². The van der Waals surface area contributed by atoms with Gasteiger partial charge in [0, 0.05) is 15.1 Å². The Bertz CT molecular complexity index is 799. The first-order chi connectivity index (χ1) is 9.76. The Morgan fingerprint density at radius 1 is 1.25 bits per heavy atom. The summed E-state index contributed by atoms with van der Waals surface area (Å²) in [6.45, 7) is 2.78. The van der Waals surface area contributed by atoms with Crippen molar-refractivity contribution in [3.63, 3.8) is 0 Å². The second-order valence-corrected chi connectivity index (χ2v) is 5.93. The van der Waals surface area contributed by atoms with E-state index in [0.29, 0.717) is 17.9 Å². The Labute approximate surface area is 121 Å². The summed E-state index contributed by atoms with van der Waals surface area (Å²) in [5, 5.41) is 13.5. The molecule has 4 heteroatoms. The van der Waals surface area contributed by atoms with Gasteiger partial charge in [0.25, 0.3) is 0 Å². The molecule has 0 aliphatic heterocycles. The van der Waals surface area contributed by atoms with Gasteiger partial charge in [0.15, 0.2) is 0 Å². The highest BCUT2D eigenvalue weighted by atomic mass is 32.1. The zero-order valence-corrected chi connectivity index (χ0v) is 11.9. The van der Waals surface area contributed by atoms with Crippen LogP contribution in [-0.2, 0) is 6.54 Å². The summed E-state index contributed by atoms with van der Waals surface area (Å²) >= 11 is 1.75. The van der Waals surface area contributed by atoms with Crippen molar-refractivity contribution in [2.75, 3.05) is 5.32 Å². The molecule has 1 aromatic carbocycles. The number of fused-ring (bicyclic) bond motifs is 1. The van der Waals surface area contributed by atoms with Gasteiger partial charge in [-0.1, -0.05) is 18.2 Å². The van der Waals surface area contributed by atoms with E-state index in [1.54, 1.807) is 11.3 Å². The first-order valence-corrected chi connectivity index (χ1v) is 7.17. The minimum absolute atomic E-state index is 0.581. The number of hydrogen-bond donors (Lipinski definition) is 1. The third-order valence-electron chi connectivity index (χ3n) is 3.07. The number of thiophene rings is 1. The molecule has 0 saturated heterocycles. The van der Waals surface area contributed by atoms with E-state index in [-0.39, 0.29) is 0 Å². The average Bonchev–Trinajstić information content (AvgIpc) is 2.89. The average molecular weight is 279 g/mol. The van der Waals surface area contributed by atoms with Gasteiger partial charge in [0.05, 0.1) is 17.6 Å². The predicted octanol–water partition coefficient (Wildman–Crippen LogP) is 4.09. The van der Waals surface area contributed by atoms with Crippen molar-refractivity contribution in [2.45, 2.75) is 13.5 Å². The van der Waals surface area contributed by atoms with Crippen molar-refractivity contribution < 1.29 is 0 Å². The van der Waals surface area contributed by atoms with E-state index in [4.69, 9.17) is 0 Å². The smallest absolute Gasteiger partial charge is 0.144 e. The molecular weight excluding hydrogens is 266 g/mol. The maximum Gasteiger partial charge on any atom is 0.144 e. The fourth-order valence-corrected chi connectivity index (χ4v) is 2.92. The van der Waals surface area contributed by atoms with Crippen LogP contribution in [0.2, 0.25) is 0 Å². The largest absolute Gasteiger partial charge is 0.364 e. The molecule has 0 saturated carbocycles. The van der Waals surface area contributed by atoms with Crippen LogP contribution in [0.1, 0.15) is 15.3 Å². The number of aryl methyl sites for hydroxylation is 1. The molecule has 0 bridgehead atoms. The summed E-state index contributed by atoms with van der Waals surface area (Å²) in [5.74, 6) is 0.650. The lowest BCUT2D eigenvalue weighted by Crippen LogP contribution is -2.02. The molecule has 20 heavy (non-hydrogen) atoms. The zero-order valence-electron chi connectivity index (χ0n) is 11.1. The minimum Gasteiger partial charge on any atom is -0.364 e. The number of nitrogens with one attached hydrogen (secondary N) is 1. The molecule has 3 nitrogen and oxygen atoms in total. The maximum atomic E-state index is 9.25. The fraction of sp³-hybridized carbons (Fsp3) is 0.125. The highest BCUT2D eigenvalue weighted by Gasteiger charge is 2.06. The number of nitrogens with zero attached hydrogens (tertiary/aromatic N) is 2. The molecule has 0 amide bonds. The number of benzene rings is 1. The molecule has 2 aromatic heterocycles. The van der Waals surface area contributed by atoms with E-state index in [1.807, 2.05) is 30.3 Å². The van der Waals surface area contributed by atoms with Crippen LogP contribution in [0.5, 0.6) is 0 Å². The molecule has 1 N–H and O–H groups in total. The lowest BCUT2D eigenvalue weighted by atomic mass is 10.1. The Balaban J connectivity index is 1.92. The summed E-state index contributed by atoms with van der Waals surface area (Å²) in [7, 11) is 0. The quantitative estimate of drug-likeness (QED) is 0.785. The summed E-state index contributed by atoms with van der Waals surface area (Å²) in [4.78, 5) is 7.06. The molecule has 0 unspecified atom stereocenters. The number of aromatic nitrogens is 1. The van der Waals surface area contributed by atoms with Crippen molar-refractivity contribution in [3.8, 4) is 6.07 Å². The standard InChI is InChI=1S/C16H13N3S/c1-11-6-7-14(20-11)10-18-16-13(9-17)8-12-4-2-3-5-15(12)19-16/h2-8H,10H2,1H3,(H,18,19). The molecule has 3 rings (SSSR count). The third-order valence-corrected chi connectivity index (χ3v) is 4.07. The van der Waals surface area contributed by atoms with Crippen molar-refractivity contribution in [3.05, 3.63) is 57.8 Å². The second kappa shape index (κ2) is 5.32. The van der Waals surface area contributed by atoms with Gasteiger partial charge in [-0.3, -0.25) is 0 Å². The van der Waals surface area contributed by atoms with Gasteiger partial charge in [0.2, 0.25) is 0 Å². The monoisotopic (exact) mass is 279 g/mol. The molecule has 0 aliphatic rings. The van der Waals surface area contributed by atoms with Crippen LogP contribution in [0.4, 0.5) is 5.82 Å². The van der Waals surface area contributed by atoms with Crippen LogP contribution in [0.3, 0.4) is 0 Å². The van der Waals surface area contributed by atoms with Crippen LogP contribution in [0.25, 0.3) is 10.9 Å². The van der Waals surface area contributed by atoms with Gasteiger partial charge >= 0.3 is 0 Å². The number of anilines is 1. The van der Waals surface area contributed by atoms with Gasteiger partial charge in [-0.05, 0) is 31.2 Å². The molecule has 3 aromatic rings. The zero-order chi connectivity index (χ0) is 13.9. The van der Waals surface area contributed by atoms with Crippen molar-refractivity contribution in [1.82, 2.24) is 4.98 Å². The van der Waals surface area contributed by atoms with Crippen LogP contribution in [-0.4, -0.2) is 4.98 Å². The van der Waals surface area contributed by atoms with E-state index in [9.17, 15) is 5.26 Å². The van der Waals surface area contributed by atoms with Gasteiger partial charge in [0.1, 0.15) is 11.9 Å². The summed E-state index contributed by atoms with van der Waals surface area (Å²) in [5.41, 5.74) is 1.48. The third kappa shape index (κ3) is 2.49. The lowest BCUT2D eigenvalue weighted by Gasteiger charge is -2.07. The minimum atomic E-state index is 0.581. The maximum absolute atomic E-state index is 9.25. The summed E-state index contributed by atoms with van der Waals surface area (Å²) in [6.07, 6.45) is 0. The normalized spacial score (nSPS) is 10.4. The number of rotatable bonds is 3. The van der Waals surface area contributed by atoms with Crippen molar-refractivity contribution >= 4 is 28.1 Å². The highest BCUT2D eigenvalue weighted by Crippen LogP contribution is 2.21. The Morgan fingerprint density at radius 3 is 2.85 bits per heavy atom. The predicted molar refractivity (Wildman–Crippen MR) is 82.8 cm³/mol. The van der Waals surface area contributed by atoms with Gasteiger partial charge in [-0.15, -0.1) is 11.3 Å². The Kier molecular flexibility index (Phi) is 3.36. The molecule has 0 fully saturated rings. The SMILES string of the molecule is Cc1ccc(CNc2nc3ccccc3cc2C#N)s1. The molecule has 0 radical (unpaired) electrons. The first kappa shape index (κ1) is 12.6. The van der Waals surface area contributed by atoms with E-state index in [0.717, 1.165) is 10.9 Å². The van der Waals surface area contributed by atoms with Crippen LogP contribution in [0.15, 0.2) is 42.5 Å². The number of nitriles is 1. The summed E-state index contributed by atoms with van der Waals surface area (Å²) < 4.78 is 0. The van der Waals surface area contributed by atoms with Gasteiger partial charge in [-0.25, -0.2) is 4.98 Å². The molecule has 2 heterocycles. The number of pyridine rings is 1. The van der Waals surface area contributed by atoms with Gasteiger partial charge in [-0.2, -0.15) is 5.26 Å². The lowest BCUT2D eigenvalue weighted by molar-refractivity contribution is 1.15. The highest BCUT2D eigenvalue weighted by molar-refractivity contribution is 7.11. The van der Waals surface area contributed by atoms with Gasteiger partial charge < -0.3 is 5.32 Å². The van der Waals surface area contributed by atoms with Crippen molar-refractivity contribution in [1.29, 1.82) is 5.26 Å². The molecule has 0 spiro atoms. The molecular formula is C16H13N3S. The van der Waals surface area contributed by atoms with E-state index in [1.165, 1.54) is 9.75 Å². The Morgan fingerprint density at radius 2 is 2.10 bits per heavy atom. The second-order valence-electron chi connectivity index (χ2n) is 4.55. The molecule has 98 valence electrons. The fourth-order valence-electron chi connectivity index (χ4n) is 2.09. The number of para-hydroxylation sites is 1. The van der Waals surface area contributed by atoms with Crippen LogP contribution >= 0.6 is 11.3 Å². The van der Waals surface area contributed by atoms with Crippen LogP contribution < -0.4 is 5.32 Å². The van der Waals surface area contributed by atoms with E-state index < -0.39 is 0 Å². The Hall–Kier alpha value is -2.38. The number of hydrogen-bond acceptors (Lipinski definition) is 4. The topological polar surface area (TPSA) is 48.7 Å². The van der Waals surface area contributed by atoms with E-state index in [2.05, 4.69) is 35.4 Å². The van der Waals surface area contributed by atoms with Crippen molar-refractivity contribution in [2.24, 2.45) is 0 Å². The molecule has 0 atom stereocenters.